The minimum absolute atomic E-state index is 0.402. The Bertz CT molecular complexity index is 910. The maximum Gasteiger partial charge on any atom is 0.249 e. The van der Waals surface area contributed by atoms with E-state index >= 15 is 0 Å². The monoisotopic (exact) mass is 341 g/mol. The van der Waals surface area contributed by atoms with Crippen LogP contribution in [-0.2, 0) is 0 Å². The molecule has 0 aliphatic heterocycles. The van der Waals surface area contributed by atoms with Crippen LogP contribution in [-0.4, -0.2) is 19.9 Å². The van der Waals surface area contributed by atoms with Gasteiger partial charge in [0.25, 0.3) is 0 Å². The summed E-state index contributed by atoms with van der Waals surface area (Å²) in [6.07, 6.45) is 2.96. The van der Waals surface area contributed by atoms with Gasteiger partial charge in [-0.15, -0.1) is 0 Å². The lowest BCUT2D eigenvalue weighted by Gasteiger charge is -2.08. The molecule has 0 atom stereocenters. The summed E-state index contributed by atoms with van der Waals surface area (Å²) in [7, 11) is 0. The third-order valence-corrected chi connectivity index (χ3v) is 3.71. The molecule has 0 fully saturated rings. The Hall–Kier alpha value is -3.80. The number of hydrogen-bond donors (Lipinski definition) is 1. The molecule has 6 heteroatoms. The predicted molar refractivity (Wildman–Crippen MR) is 99.2 cm³/mol. The quantitative estimate of drug-likeness (QED) is 0.553. The summed E-state index contributed by atoms with van der Waals surface area (Å²) >= 11 is 0. The fourth-order valence-electron chi connectivity index (χ4n) is 2.45. The van der Waals surface area contributed by atoms with Crippen LogP contribution in [0, 0.1) is 0 Å². The maximum atomic E-state index is 5.55. The summed E-state index contributed by atoms with van der Waals surface area (Å²) in [6, 6.07) is 23.3. The number of nitrogens with zero attached hydrogens (tertiary/aromatic N) is 4. The smallest absolute Gasteiger partial charge is 0.249 e. The van der Waals surface area contributed by atoms with Crippen molar-refractivity contribution in [1.29, 1.82) is 0 Å². The molecule has 26 heavy (non-hydrogen) atoms. The zero-order chi connectivity index (χ0) is 17.6. The van der Waals surface area contributed by atoms with Crippen LogP contribution in [0.5, 0.6) is 5.88 Å². The van der Waals surface area contributed by atoms with E-state index in [0.29, 0.717) is 11.7 Å². The topological polar surface area (TPSA) is 72.8 Å². The second-order valence-corrected chi connectivity index (χ2v) is 5.47. The molecular weight excluding hydrogens is 326 g/mol. The van der Waals surface area contributed by atoms with E-state index in [2.05, 4.69) is 25.4 Å². The second-order valence-electron chi connectivity index (χ2n) is 5.47. The first-order valence-corrected chi connectivity index (χ1v) is 8.06. The van der Waals surface area contributed by atoms with Crippen LogP contribution < -0.4 is 10.3 Å². The molecule has 1 N–H and O–H groups in total. The van der Waals surface area contributed by atoms with Crippen molar-refractivity contribution in [1.82, 2.24) is 19.9 Å². The molecule has 0 aliphatic carbocycles. The molecule has 4 rings (SSSR count). The number of hydrogen-bond acceptors (Lipinski definition) is 6. The van der Waals surface area contributed by atoms with E-state index < -0.39 is 0 Å². The lowest BCUT2D eigenvalue weighted by molar-refractivity contribution is 0.385. The molecule has 0 saturated carbocycles. The zero-order valence-corrected chi connectivity index (χ0v) is 13.8. The Kier molecular flexibility index (Phi) is 4.47. The molecule has 0 radical (unpaired) electrons. The van der Waals surface area contributed by atoms with Gasteiger partial charge >= 0.3 is 0 Å². The minimum atomic E-state index is 0.402. The molecule has 6 nitrogen and oxygen atoms in total. The number of rotatable bonds is 5. The number of nitrogens with one attached hydrogen (secondary N) is 1. The van der Waals surface area contributed by atoms with E-state index in [9.17, 15) is 0 Å². The summed E-state index contributed by atoms with van der Waals surface area (Å²) in [6.45, 7) is 0. The Labute approximate surface area is 150 Å². The Morgan fingerprint density at radius 2 is 1.19 bits per heavy atom. The van der Waals surface area contributed by atoms with Crippen LogP contribution in [0.25, 0.3) is 22.5 Å². The van der Waals surface area contributed by atoms with Crippen LogP contribution >= 0.6 is 0 Å². The Balaban J connectivity index is 1.50. The first-order valence-electron chi connectivity index (χ1n) is 8.06. The first kappa shape index (κ1) is 15.7. The van der Waals surface area contributed by atoms with E-state index in [-0.39, 0.29) is 0 Å². The van der Waals surface area contributed by atoms with Gasteiger partial charge in [-0.1, -0.05) is 60.7 Å². The van der Waals surface area contributed by atoms with Gasteiger partial charge in [0.05, 0.1) is 11.4 Å². The highest BCUT2D eigenvalue weighted by Crippen LogP contribution is 2.21. The lowest BCUT2D eigenvalue weighted by atomic mass is 10.1. The molecule has 0 unspecified atom stereocenters. The van der Waals surface area contributed by atoms with E-state index in [0.717, 1.165) is 22.5 Å². The summed E-state index contributed by atoms with van der Waals surface area (Å²) in [5, 5.41) is 0. The van der Waals surface area contributed by atoms with Gasteiger partial charge in [0.2, 0.25) is 5.88 Å². The largest absolute Gasteiger partial charge is 0.360 e. The highest BCUT2D eigenvalue weighted by Gasteiger charge is 2.05. The standard InChI is InChI=1S/C20H15N5O/c1-3-7-15(8-4-1)17-11-19(23-13-21-17)25-26-20-12-18(22-14-24-20)16-9-5-2-6-10-16/h1-14H,(H,21,23,25). The lowest BCUT2D eigenvalue weighted by Crippen LogP contribution is -2.08. The Morgan fingerprint density at radius 1 is 0.615 bits per heavy atom. The molecule has 0 spiro atoms. The average Bonchev–Trinajstić information content (AvgIpc) is 2.74. The molecule has 2 aromatic heterocycles. The highest BCUT2D eigenvalue weighted by atomic mass is 16.7. The number of anilines is 1. The molecule has 0 aliphatic rings. The van der Waals surface area contributed by atoms with E-state index in [4.69, 9.17) is 4.84 Å². The minimum Gasteiger partial charge on any atom is -0.360 e. The van der Waals surface area contributed by atoms with Gasteiger partial charge in [0.1, 0.15) is 12.7 Å². The van der Waals surface area contributed by atoms with Crippen molar-refractivity contribution in [3.05, 3.63) is 85.5 Å². The molecule has 0 amide bonds. The summed E-state index contributed by atoms with van der Waals surface area (Å²) < 4.78 is 0. The average molecular weight is 341 g/mol. The molecule has 4 aromatic rings. The third kappa shape index (κ3) is 3.64. The van der Waals surface area contributed by atoms with E-state index in [1.54, 1.807) is 6.07 Å². The van der Waals surface area contributed by atoms with Gasteiger partial charge in [-0.25, -0.2) is 20.4 Å². The Morgan fingerprint density at radius 3 is 1.85 bits per heavy atom. The van der Waals surface area contributed by atoms with Crippen LogP contribution in [0.2, 0.25) is 0 Å². The van der Waals surface area contributed by atoms with Crippen molar-refractivity contribution in [2.45, 2.75) is 0 Å². The molecule has 126 valence electrons. The summed E-state index contributed by atoms with van der Waals surface area (Å²) in [5.74, 6) is 0.942. The van der Waals surface area contributed by atoms with E-state index in [1.807, 2.05) is 66.7 Å². The fraction of sp³-hybridized carbons (Fsp3) is 0. The summed E-state index contributed by atoms with van der Waals surface area (Å²) in [4.78, 5) is 22.4. The fourth-order valence-corrected chi connectivity index (χ4v) is 2.45. The van der Waals surface area contributed by atoms with Crippen molar-refractivity contribution in [3.8, 4) is 28.4 Å². The predicted octanol–water partition coefficient (Wildman–Crippen LogP) is 4.01. The normalized spacial score (nSPS) is 10.3. The summed E-state index contributed by atoms with van der Waals surface area (Å²) in [5.41, 5.74) is 6.40. The maximum absolute atomic E-state index is 5.55. The molecule has 0 bridgehead atoms. The van der Waals surface area contributed by atoms with Gasteiger partial charge in [0, 0.05) is 23.3 Å². The highest BCUT2D eigenvalue weighted by molar-refractivity contribution is 5.62. The van der Waals surface area contributed by atoms with Crippen LogP contribution in [0.3, 0.4) is 0 Å². The number of aromatic nitrogens is 4. The molecular formula is C20H15N5O. The molecule has 2 heterocycles. The zero-order valence-electron chi connectivity index (χ0n) is 13.8. The van der Waals surface area contributed by atoms with Crippen molar-refractivity contribution < 1.29 is 4.84 Å². The van der Waals surface area contributed by atoms with Gasteiger partial charge in [0.15, 0.2) is 5.82 Å². The van der Waals surface area contributed by atoms with Gasteiger partial charge in [-0.05, 0) is 0 Å². The van der Waals surface area contributed by atoms with Gasteiger partial charge < -0.3 is 4.84 Å². The first-order chi connectivity index (χ1) is 12.9. The van der Waals surface area contributed by atoms with Gasteiger partial charge in [-0.2, -0.15) is 4.98 Å². The van der Waals surface area contributed by atoms with Crippen molar-refractivity contribution in [2.24, 2.45) is 0 Å². The van der Waals surface area contributed by atoms with E-state index in [1.165, 1.54) is 12.7 Å². The number of benzene rings is 2. The van der Waals surface area contributed by atoms with Crippen LogP contribution in [0.1, 0.15) is 0 Å². The van der Waals surface area contributed by atoms with Crippen molar-refractivity contribution in [3.63, 3.8) is 0 Å². The van der Waals surface area contributed by atoms with Crippen molar-refractivity contribution in [2.75, 3.05) is 5.48 Å². The van der Waals surface area contributed by atoms with Crippen LogP contribution in [0.15, 0.2) is 85.5 Å². The second kappa shape index (κ2) is 7.40. The molecule has 2 aromatic carbocycles. The van der Waals surface area contributed by atoms with Crippen molar-refractivity contribution >= 4 is 5.82 Å². The molecule has 0 saturated heterocycles. The third-order valence-electron chi connectivity index (χ3n) is 3.71. The van der Waals surface area contributed by atoms with Gasteiger partial charge in [-0.3, -0.25) is 0 Å². The van der Waals surface area contributed by atoms with Crippen LogP contribution in [0.4, 0.5) is 5.82 Å². The SMILES string of the molecule is c1ccc(-c2cc(NOc3cc(-c4ccccc4)ncn3)ncn2)cc1.